The molecular formula is C23H23ClN2O4. The lowest BCUT2D eigenvalue weighted by molar-refractivity contribution is 0.0514. The normalized spacial score (nSPS) is 10.7. The lowest BCUT2D eigenvalue weighted by Gasteiger charge is -2.10. The Morgan fingerprint density at radius 1 is 1.07 bits per heavy atom. The molecule has 6 nitrogen and oxygen atoms in total. The first-order valence-electron chi connectivity index (χ1n) is 9.47. The molecule has 0 spiro atoms. The molecule has 2 heterocycles. The zero-order valence-electron chi connectivity index (χ0n) is 16.8. The molecule has 1 N–H and O–H groups in total. The van der Waals surface area contributed by atoms with Gasteiger partial charge in [-0.05, 0) is 30.7 Å². The maximum absolute atomic E-state index is 12.4. The standard InChI is InChI=1S/C23H22N2O4.ClH/c1-3-28-23(26)22-18(14-27-2)21-17-11-16(29-13-15-7-5-4-6-8-15)9-10-19(17)25-20(21)12-24-22;/h4-12,25H,3,13-14H2,1-2H3;1H. The summed E-state index contributed by atoms with van der Waals surface area (Å²) in [6, 6.07) is 15.9. The van der Waals surface area contributed by atoms with Crippen LogP contribution in [-0.2, 0) is 22.7 Å². The Kier molecular flexibility index (Phi) is 6.92. The Hall–Kier alpha value is -3.09. The fraction of sp³-hybridized carbons (Fsp3) is 0.217. The largest absolute Gasteiger partial charge is 0.489 e. The van der Waals surface area contributed by atoms with Gasteiger partial charge in [-0.25, -0.2) is 9.78 Å². The van der Waals surface area contributed by atoms with Gasteiger partial charge in [0.1, 0.15) is 12.4 Å². The Morgan fingerprint density at radius 2 is 1.87 bits per heavy atom. The Morgan fingerprint density at radius 3 is 2.60 bits per heavy atom. The molecule has 0 atom stereocenters. The van der Waals surface area contributed by atoms with Gasteiger partial charge in [0.05, 0.1) is 24.9 Å². The highest BCUT2D eigenvalue weighted by atomic mass is 35.5. The molecule has 0 radical (unpaired) electrons. The summed E-state index contributed by atoms with van der Waals surface area (Å²) in [5, 5.41) is 1.84. The van der Waals surface area contributed by atoms with E-state index < -0.39 is 5.97 Å². The maximum Gasteiger partial charge on any atom is 0.357 e. The number of rotatable bonds is 7. The monoisotopic (exact) mass is 426 g/mol. The van der Waals surface area contributed by atoms with Crippen LogP contribution in [0.1, 0.15) is 28.5 Å². The number of carbonyl (C=O) groups excluding carboxylic acids is 1. The molecule has 30 heavy (non-hydrogen) atoms. The zero-order valence-corrected chi connectivity index (χ0v) is 17.6. The first kappa shape index (κ1) is 21.6. The van der Waals surface area contributed by atoms with Crippen molar-refractivity contribution < 1.29 is 19.0 Å². The van der Waals surface area contributed by atoms with E-state index in [0.717, 1.165) is 33.1 Å². The molecule has 0 saturated heterocycles. The molecule has 0 fully saturated rings. The van der Waals surface area contributed by atoms with Crippen LogP contribution in [0.5, 0.6) is 5.75 Å². The lowest BCUT2D eigenvalue weighted by atomic mass is 10.1. The van der Waals surface area contributed by atoms with Crippen molar-refractivity contribution in [2.75, 3.05) is 13.7 Å². The van der Waals surface area contributed by atoms with Gasteiger partial charge >= 0.3 is 5.97 Å². The molecule has 156 valence electrons. The van der Waals surface area contributed by atoms with Crippen LogP contribution in [0.2, 0.25) is 0 Å². The van der Waals surface area contributed by atoms with Gasteiger partial charge in [0, 0.05) is 29.0 Å². The number of nitrogens with zero attached hydrogens (tertiary/aromatic N) is 1. The van der Waals surface area contributed by atoms with Crippen molar-refractivity contribution in [2.24, 2.45) is 0 Å². The molecule has 2 aromatic carbocycles. The van der Waals surface area contributed by atoms with E-state index in [9.17, 15) is 4.79 Å². The Balaban J connectivity index is 0.00000256. The number of aromatic nitrogens is 2. The molecule has 7 heteroatoms. The van der Waals surface area contributed by atoms with Crippen LogP contribution in [0.25, 0.3) is 21.8 Å². The van der Waals surface area contributed by atoms with E-state index >= 15 is 0 Å². The van der Waals surface area contributed by atoms with Gasteiger partial charge < -0.3 is 19.2 Å². The zero-order chi connectivity index (χ0) is 20.2. The number of hydrogen-bond donors (Lipinski definition) is 1. The topological polar surface area (TPSA) is 73.4 Å². The molecule has 0 saturated carbocycles. The summed E-state index contributed by atoms with van der Waals surface area (Å²) in [7, 11) is 1.59. The number of methoxy groups -OCH3 is 1. The number of esters is 1. The third kappa shape index (κ3) is 4.25. The van der Waals surface area contributed by atoms with E-state index in [2.05, 4.69) is 9.97 Å². The minimum absolute atomic E-state index is 0. The third-order valence-electron chi connectivity index (χ3n) is 4.72. The van der Waals surface area contributed by atoms with Crippen molar-refractivity contribution in [3.63, 3.8) is 0 Å². The predicted octanol–water partition coefficient (Wildman–Crippen LogP) is 5.04. The average Bonchev–Trinajstić information content (AvgIpc) is 3.12. The van der Waals surface area contributed by atoms with E-state index in [1.807, 2.05) is 48.5 Å². The van der Waals surface area contributed by atoms with Gasteiger partial charge in [-0.3, -0.25) is 0 Å². The highest BCUT2D eigenvalue weighted by Gasteiger charge is 2.20. The number of pyridine rings is 1. The molecule has 0 aliphatic rings. The molecule has 0 aliphatic heterocycles. The second-order valence-electron chi connectivity index (χ2n) is 6.63. The number of aromatic amines is 1. The number of carbonyl (C=O) groups is 1. The minimum atomic E-state index is -0.452. The summed E-state index contributed by atoms with van der Waals surface area (Å²) < 4.78 is 16.5. The number of halogens is 1. The first-order chi connectivity index (χ1) is 14.2. The van der Waals surface area contributed by atoms with Crippen LogP contribution in [0.4, 0.5) is 0 Å². The number of hydrogen-bond acceptors (Lipinski definition) is 5. The fourth-order valence-corrected chi connectivity index (χ4v) is 3.43. The summed E-state index contributed by atoms with van der Waals surface area (Å²) in [6.07, 6.45) is 1.66. The van der Waals surface area contributed by atoms with Crippen molar-refractivity contribution >= 4 is 40.2 Å². The van der Waals surface area contributed by atoms with Gasteiger partial charge in [0.25, 0.3) is 0 Å². The third-order valence-corrected chi connectivity index (χ3v) is 4.72. The molecular weight excluding hydrogens is 404 g/mol. The quantitative estimate of drug-likeness (QED) is 0.419. The van der Waals surface area contributed by atoms with Crippen LogP contribution < -0.4 is 4.74 Å². The summed E-state index contributed by atoms with van der Waals surface area (Å²) in [6.45, 7) is 2.79. The average molecular weight is 427 g/mol. The van der Waals surface area contributed by atoms with Crippen molar-refractivity contribution in [3.8, 4) is 5.75 Å². The number of H-pyrrole nitrogens is 1. The highest BCUT2D eigenvalue weighted by Crippen LogP contribution is 2.33. The molecule has 0 amide bonds. The highest BCUT2D eigenvalue weighted by molar-refractivity contribution is 6.11. The van der Waals surface area contributed by atoms with E-state index in [1.54, 1.807) is 20.2 Å². The summed E-state index contributed by atoms with van der Waals surface area (Å²) in [5.74, 6) is 0.299. The van der Waals surface area contributed by atoms with Crippen molar-refractivity contribution in [2.45, 2.75) is 20.1 Å². The second kappa shape index (κ2) is 9.61. The minimum Gasteiger partial charge on any atom is -0.489 e. The number of fused-ring (bicyclic) bond motifs is 3. The molecule has 0 aliphatic carbocycles. The van der Waals surface area contributed by atoms with Gasteiger partial charge in [0.2, 0.25) is 0 Å². The van der Waals surface area contributed by atoms with Gasteiger partial charge in [-0.2, -0.15) is 0 Å². The van der Waals surface area contributed by atoms with E-state index in [4.69, 9.17) is 14.2 Å². The molecule has 2 aromatic heterocycles. The van der Waals surface area contributed by atoms with Crippen LogP contribution >= 0.6 is 12.4 Å². The van der Waals surface area contributed by atoms with Gasteiger partial charge in [0.15, 0.2) is 5.69 Å². The van der Waals surface area contributed by atoms with Gasteiger partial charge in [-0.1, -0.05) is 30.3 Å². The fourth-order valence-electron chi connectivity index (χ4n) is 3.43. The number of ether oxygens (including phenoxy) is 3. The van der Waals surface area contributed by atoms with Crippen LogP contribution in [0, 0.1) is 0 Å². The van der Waals surface area contributed by atoms with Crippen LogP contribution in [0.15, 0.2) is 54.7 Å². The van der Waals surface area contributed by atoms with Crippen LogP contribution in [-0.4, -0.2) is 29.7 Å². The van der Waals surface area contributed by atoms with E-state index in [-0.39, 0.29) is 31.3 Å². The number of benzene rings is 2. The Labute approximate surface area is 180 Å². The smallest absolute Gasteiger partial charge is 0.357 e. The molecule has 0 bridgehead atoms. The SMILES string of the molecule is CCOC(=O)c1ncc2[nH]c3ccc(OCc4ccccc4)cc3c2c1COC.Cl. The predicted molar refractivity (Wildman–Crippen MR) is 118 cm³/mol. The summed E-state index contributed by atoms with van der Waals surface area (Å²) in [4.78, 5) is 20.1. The first-order valence-corrected chi connectivity index (χ1v) is 9.47. The van der Waals surface area contributed by atoms with Crippen molar-refractivity contribution in [3.05, 3.63) is 71.5 Å². The van der Waals surface area contributed by atoms with E-state index in [0.29, 0.717) is 12.2 Å². The molecule has 0 unspecified atom stereocenters. The molecule has 4 aromatic rings. The van der Waals surface area contributed by atoms with Crippen LogP contribution in [0.3, 0.4) is 0 Å². The molecule has 4 rings (SSSR count). The summed E-state index contributed by atoms with van der Waals surface area (Å²) in [5.41, 5.74) is 3.85. The maximum atomic E-state index is 12.4. The summed E-state index contributed by atoms with van der Waals surface area (Å²) >= 11 is 0. The lowest BCUT2D eigenvalue weighted by Crippen LogP contribution is -2.11. The Bertz CT molecular complexity index is 1160. The van der Waals surface area contributed by atoms with Crippen molar-refractivity contribution in [1.29, 1.82) is 0 Å². The van der Waals surface area contributed by atoms with E-state index in [1.165, 1.54) is 0 Å². The van der Waals surface area contributed by atoms with Gasteiger partial charge in [-0.15, -0.1) is 12.4 Å². The van der Waals surface area contributed by atoms with Crippen molar-refractivity contribution in [1.82, 2.24) is 9.97 Å². The number of nitrogens with one attached hydrogen (secondary N) is 1. The second-order valence-corrected chi connectivity index (χ2v) is 6.63.